The van der Waals surface area contributed by atoms with Crippen LogP contribution in [0.15, 0.2) is 29.2 Å². The van der Waals surface area contributed by atoms with Crippen LogP contribution in [0.25, 0.3) is 0 Å². The van der Waals surface area contributed by atoms with Crippen molar-refractivity contribution in [3.63, 3.8) is 0 Å². The van der Waals surface area contributed by atoms with Crippen molar-refractivity contribution in [1.82, 2.24) is 15.5 Å². The highest BCUT2D eigenvalue weighted by atomic mass is 32.2. The van der Waals surface area contributed by atoms with Gasteiger partial charge in [0, 0.05) is 25.8 Å². The fourth-order valence-corrected chi connectivity index (χ4v) is 6.76. The van der Waals surface area contributed by atoms with Gasteiger partial charge < -0.3 is 25.8 Å². The highest BCUT2D eigenvalue weighted by molar-refractivity contribution is 7.90. The highest BCUT2D eigenvalue weighted by Crippen LogP contribution is 2.41. The Morgan fingerprint density at radius 1 is 1.12 bits per heavy atom. The molecule has 4 rings (SSSR count). The van der Waals surface area contributed by atoms with E-state index in [-0.39, 0.29) is 42.1 Å². The quantitative estimate of drug-likeness (QED) is 0.248. The number of nitrogens with zero attached hydrogens (tertiary/aromatic N) is 1. The van der Waals surface area contributed by atoms with Crippen LogP contribution in [0.5, 0.6) is 0 Å². The van der Waals surface area contributed by atoms with E-state index >= 15 is 0 Å². The number of benzene rings is 1. The van der Waals surface area contributed by atoms with Crippen molar-refractivity contribution in [1.29, 1.82) is 0 Å². The summed E-state index contributed by atoms with van der Waals surface area (Å²) in [5.41, 5.74) is 3.69. The summed E-state index contributed by atoms with van der Waals surface area (Å²) in [6.07, 6.45) is 5.08. The molecule has 3 aliphatic rings. The molecule has 2 aliphatic heterocycles. The summed E-state index contributed by atoms with van der Waals surface area (Å²) in [7, 11) is -3.47. The molecule has 238 valence electrons. The first-order chi connectivity index (χ1) is 20.2. The van der Waals surface area contributed by atoms with Gasteiger partial charge in [0.25, 0.3) is 0 Å². The molecule has 12 nitrogen and oxygen atoms in total. The molecule has 4 atom stereocenters. The minimum absolute atomic E-state index is 0.0904. The number of hydrogen-bond donors (Lipinski definition) is 3. The molecule has 13 heteroatoms. The van der Waals surface area contributed by atoms with Crippen molar-refractivity contribution in [3.8, 4) is 0 Å². The third kappa shape index (κ3) is 8.20. The molecule has 4 N–H and O–H groups in total. The number of carbonyl (C=O) groups is 4. The summed E-state index contributed by atoms with van der Waals surface area (Å²) in [4.78, 5) is 56.1. The SMILES string of the molecule is C[C@H](NC(=O)CN1CCOCC1)C(=O)NC(Cc1ccc(S(C)(=O)=O)cc1)(C(N)=O)[C@H](CC1CCCC1)C(=O)[C@@]1(C)CO1. The van der Waals surface area contributed by atoms with Crippen molar-refractivity contribution >= 4 is 33.3 Å². The fourth-order valence-electron chi connectivity index (χ4n) is 6.13. The molecule has 1 aromatic carbocycles. The number of nitrogens with one attached hydrogen (secondary N) is 2. The lowest BCUT2D eigenvalue weighted by atomic mass is 9.69. The van der Waals surface area contributed by atoms with Crippen LogP contribution in [0, 0.1) is 11.8 Å². The zero-order valence-corrected chi connectivity index (χ0v) is 26.0. The summed E-state index contributed by atoms with van der Waals surface area (Å²) in [5.74, 6) is -3.06. The molecule has 1 aliphatic carbocycles. The summed E-state index contributed by atoms with van der Waals surface area (Å²) in [5, 5.41) is 5.53. The monoisotopic (exact) mass is 620 g/mol. The van der Waals surface area contributed by atoms with Crippen molar-refractivity contribution in [3.05, 3.63) is 29.8 Å². The lowest BCUT2D eigenvalue weighted by Gasteiger charge is -2.40. The van der Waals surface area contributed by atoms with Crippen LogP contribution in [-0.4, -0.2) is 99.7 Å². The number of Topliss-reactive ketones (excluding diaryl/α,β-unsaturated/α-hetero) is 1. The van der Waals surface area contributed by atoms with Crippen LogP contribution in [0.4, 0.5) is 0 Å². The molecule has 0 spiro atoms. The first-order valence-electron chi connectivity index (χ1n) is 14.9. The maximum Gasteiger partial charge on any atom is 0.244 e. The molecule has 2 saturated heterocycles. The predicted molar refractivity (Wildman–Crippen MR) is 158 cm³/mol. The second-order valence-corrected chi connectivity index (χ2v) is 14.4. The Balaban J connectivity index is 1.65. The molecule has 0 bridgehead atoms. The van der Waals surface area contributed by atoms with Gasteiger partial charge in [0.1, 0.15) is 17.2 Å². The molecular weight excluding hydrogens is 576 g/mol. The molecule has 0 aromatic heterocycles. The summed E-state index contributed by atoms with van der Waals surface area (Å²) < 4.78 is 34.9. The average molecular weight is 621 g/mol. The number of ketones is 1. The smallest absolute Gasteiger partial charge is 0.244 e. The van der Waals surface area contributed by atoms with E-state index in [2.05, 4.69) is 10.6 Å². The van der Waals surface area contributed by atoms with Crippen LogP contribution in [0.2, 0.25) is 0 Å². The van der Waals surface area contributed by atoms with Gasteiger partial charge >= 0.3 is 0 Å². The number of morpholine rings is 1. The van der Waals surface area contributed by atoms with Crippen LogP contribution in [0.3, 0.4) is 0 Å². The number of amides is 3. The number of hydrogen-bond acceptors (Lipinski definition) is 9. The predicted octanol–water partition coefficient (Wildman–Crippen LogP) is 0.364. The van der Waals surface area contributed by atoms with Gasteiger partial charge in [-0.05, 0) is 43.9 Å². The van der Waals surface area contributed by atoms with Gasteiger partial charge in [0.05, 0.1) is 37.2 Å². The number of primary amides is 1. The van der Waals surface area contributed by atoms with Gasteiger partial charge in [-0.3, -0.25) is 24.1 Å². The van der Waals surface area contributed by atoms with Crippen LogP contribution >= 0.6 is 0 Å². The Kier molecular flexibility index (Phi) is 10.3. The number of epoxide rings is 1. The largest absolute Gasteiger partial charge is 0.379 e. The maximum absolute atomic E-state index is 14.0. The molecule has 1 aromatic rings. The maximum atomic E-state index is 14.0. The first-order valence-corrected chi connectivity index (χ1v) is 16.8. The lowest BCUT2D eigenvalue weighted by Crippen LogP contribution is -2.68. The topological polar surface area (TPSA) is 178 Å². The first kappa shape index (κ1) is 33.0. The molecule has 3 amide bonds. The van der Waals surface area contributed by atoms with E-state index in [4.69, 9.17) is 15.2 Å². The molecule has 43 heavy (non-hydrogen) atoms. The summed E-state index contributed by atoms with van der Waals surface area (Å²) in [6.45, 7) is 5.72. The number of nitrogens with two attached hydrogens (primary N) is 1. The van der Waals surface area contributed by atoms with E-state index in [1.54, 1.807) is 19.1 Å². The van der Waals surface area contributed by atoms with E-state index in [1.807, 2.05) is 4.90 Å². The van der Waals surface area contributed by atoms with Gasteiger partial charge in [-0.2, -0.15) is 0 Å². The normalized spacial score (nSPS) is 24.0. The Morgan fingerprint density at radius 3 is 2.26 bits per heavy atom. The van der Waals surface area contributed by atoms with E-state index in [1.165, 1.54) is 19.1 Å². The van der Waals surface area contributed by atoms with Gasteiger partial charge in [-0.25, -0.2) is 8.42 Å². The Bertz CT molecular complexity index is 1300. The summed E-state index contributed by atoms with van der Waals surface area (Å²) in [6, 6.07) is 4.92. The second kappa shape index (κ2) is 13.4. The molecule has 1 saturated carbocycles. The fraction of sp³-hybridized carbons (Fsp3) is 0.667. The number of ether oxygens (including phenoxy) is 2. The second-order valence-electron chi connectivity index (χ2n) is 12.4. The van der Waals surface area contributed by atoms with Gasteiger partial charge in [0.2, 0.25) is 17.7 Å². The Hall–Kier alpha value is -2.87. The van der Waals surface area contributed by atoms with Crippen LogP contribution in [-0.2, 0) is 44.9 Å². The van der Waals surface area contributed by atoms with E-state index in [0.29, 0.717) is 38.3 Å². The third-order valence-corrected chi connectivity index (χ3v) is 10.0. The molecule has 0 radical (unpaired) electrons. The van der Waals surface area contributed by atoms with Gasteiger partial charge in [-0.1, -0.05) is 37.8 Å². The van der Waals surface area contributed by atoms with Crippen molar-refractivity contribution in [2.45, 2.75) is 74.4 Å². The van der Waals surface area contributed by atoms with E-state index < -0.39 is 44.8 Å². The molecular formula is C30H44N4O8S. The number of rotatable bonds is 14. The van der Waals surface area contributed by atoms with Gasteiger partial charge in [0.15, 0.2) is 15.6 Å². The Morgan fingerprint density at radius 2 is 1.72 bits per heavy atom. The average Bonchev–Trinajstić information content (AvgIpc) is 3.49. The molecule has 2 heterocycles. The van der Waals surface area contributed by atoms with E-state index in [9.17, 15) is 27.6 Å². The Labute approximate surface area is 253 Å². The van der Waals surface area contributed by atoms with Crippen LogP contribution < -0.4 is 16.4 Å². The van der Waals surface area contributed by atoms with Crippen LogP contribution in [0.1, 0.15) is 51.5 Å². The number of carbonyl (C=O) groups excluding carboxylic acids is 4. The lowest BCUT2D eigenvalue weighted by molar-refractivity contribution is -0.142. The third-order valence-electron chi connectivity index (χ3n) is 8.92. The zero-order chi connectivity index (χ0) is 31.4. The highest BCUT2D eigenvalue weighted by Gasteiger charge is 2.58. The number of sulfone groups is 1. The zero-order valence-electron chi connectivity index (χ0n) is 25.2. The van der Waals surface area contributed by atoms with E-state index in [0.717, 1.165) is 31.9 Å². The van der Waals surface area contributed by atoms with Crippen molar-refractivity contribution in [2.75, 3.05) is 45.7 Å². The minimum Gasteiger partial charge on any atom is -0.379 e. The summed E-state index contributed by atoms with van der Waals surface area (Å²) >= 11 is 0. The van der Waals surface area contributed by atoms with Gasteiger partial charge in [-0.15, -0.1) is 0 Å². The van der Waals surface area contributed by atoms with Crippen molar-refractivity contribution < 1.29 is 37.1 Å². The van der Waals surface area contributed by atoms with Crippen molar-refractivity contribution in [2.24, 2.45) is 17.6 Å². The minimum atomic E-state index is -3.47. The molecule has 1 unspecified atom stereocenters. The standard InChI is InChI=1S/C30H44N4O8S/c1-20(32-25(35)18-34-12-14-41-15-13-34)27(37)33-30(28(31)38,17-22-8-10-23(11-9-22)43(3,39)40)24(16-21-6-4-5-7-21)26(36)29(2)19-42-29/h8-11,20-21,24H,4-7,12-19H2,1-3H3,(H2,31,38)(H,32,35)(H,33,37)/t20-,24+,29+,30?/m0/s1. The molecule has 3 fully saturated rings.